The maximum atomic E-state index is 6.65. The lowest BCUT2D eigenvalue weighted by Gasteiger charge is -2.10. The average molecular weight is 405 g/mol. The van der Waals surface area contributed by atoms with E-state index in [4.69, 9.17) is 11.6 Å². The fourth-order valence-electron chi connectivity index (χ4n) is 2.65. The van der Waals surface area contributed by atoms with E-state index in [1.165, 1.54) is 52.6 Å². The van der Waals surface area contributed by atoms with Crippen LogP contribution in [0.3, 0.4) is 0 Å². The number of alkyl halides is 1. The number of halogens is 1. The van der Waals surface area contributed by atoms with E-state index in [-0.39, 0.29) is 5.38 Å². The van der Waals surface area contributed by atoms with Crippen molar-refractivity contribution in [2.24, 2.45) is 0 Å². The zero-order chi connectivity index (χ0) is 18.5. The van der Waals surface area contributed by atoms with Crippen molar-refractivity contribution in [1.82, 2.24) is 0 Å². The van der Waals surface area contributed by atoms with Crippen molar-refractivity contribution < 1.29 is 0 Å². The van der Waals surface area contributed by atoms with Gasteiger partial charge in [-0.25, -0.2) is 0 Å². The molecule has 0 saturated heterocycles. The Balaban J connectivity index is 1.92. The molecule has 2 aromatic rings. The average Bonchev–Trinajstić information content (AvgIpc) is 2.66. The van der Waals surface area contributed by atoms with Gasteiger partial charge in [-0.3, -0.25) is 0 Å². The number of benzene rings is 2. The minimum Gasteiger partial charge on any atom is -0.118 e. The zero-order valence-corrected chi connectivity index (χ0v) is 18.0. The van der Waals surface area contributed by atoms with Crippen LogP contribution in [0.25, 0.3) is 0 Å². The van der Waals surface area contributed by atoms with Crippen LogP contribution >= 0.6 is 35.1 Å². The molecule has 0 aliphatic heterocycles. The molecular formula is C23H29ClS2. The summed E-state index contributed by atoms with van der Waals surface area (Å²) in [5.74, 6) is 0. The van der Waals surface area contributed by atoms with Gasteiger partial charge in [0.2, 0.25) is 0 Å². The van der Waals surface area contributed by atoms with Gasteiger partial charge < -0.3 is 0 Å². The SMILES string of the molecule is CCCCCCCCC(Cl)C=C(Sc1ccccc1)Sc1ccccc1. The topological polar surface area (TPSA) is 0 Å². The predicted molar refractivity (Wildman–Crippen MR) is 120 cm³/mol. The summed E-state index contributed by atoms with van der Waals surface area (Å²) in [5, 5.41) is 0.101. The maximum absolute atomic E-state index is 6.65. The van der Waals surface area contributed by atoms with Gasteiger partial charge in [0.05, 0.1) is 5.38 Å². The Morgan fingerprint density at radius 1 is 0.808 bits per heavy atom. The van der Waals surface area contributed by atoms with E-state index in [9.17, 15) is 0 Å². The molecule has 1 atom stereocenters. The first-order valence-electron chi connectivity index (χ1n) is 9.59. The van der Waals surface area contributed by atoms with Crippen molar-refractivity contribution in [3.63, 3.8) is 0 Å². The molecule has 0 bridgehead atoms. The molecule has 0 aliphatic rings. The summed E-state index contributed by atoms with van der Waals surface area (Å²) in [6.07, 6.45) is 11.2. The first kappa shape index (κ1) is 21.5. The van der Waals surface area contributed by atoms with Gasteiger partial charge in [-0.1, -0.05) is 105 Å². The molecule has 0 aromatic heterocycles. The van der Waals surface area contributed by atoms with Crippen LogP contribution in [-0.4, -0.2) is 5.38 Å². The van der Waals surface area contributed by atoms with E-state index in [1.807, 2.05) is 0 Å². The van der Waals surface area contributed by atoms with Crippen molar-refractivity contribution in [3.05, 3.63) is 71.0 Å². The summed E-state index contributed by atoms with van der Waals surface area (Å²) < 4.78 is 1.26. The second-order valence-corrected chi connectivity index (χ2v) is 9.44. The Hall–Kier alpha value is -0.830. The zero-order valence-electron chi connectivity index (χ0n) is 15.6. The summed E-state index contributed by atoms with van der Waals surface area (Å²) in [6.45, 7) is 2.26. The fraction of sp³-hybridized carbons (Fsp3) is 0.391. The van der Waals surface area contributed by atoms with E-state index < -0.39 is 0 Å². The van der Waals surface area contributed by atoms with E-state index in [1.54, 1.807) is 23.5 Å². The van der Waals surface area contributed by atoms with Gasteiger partial charge in [-0.15, -0.1) is 11.6 Å². The van der Waals surface area contributed by atoms with Crippen molar-refractivity contribution in [2.45, 2.75) is 67.0 Å². The first-order valence-corrected chi connectivity index (χ1v) is 11.7. The van der Waals surface area contributed by atoms with Gasteiger partial charge >= 0.3 is 0 Å². The van der Waals surface area contributed by atoms with Gasteiger partial charge in [-0.05, 0) is 36.8 Å². The lowest BCUT2D eigenvalue weighted by Crippen LogP contribution is -1.94. The molecule has 1 unspecified atom stereocenters. The Bertz CT molecular complexity index is 582. The highest BCUT2D eigenvalue weighted by Crippen LogP contribution is 2.40. The second kappa shape index (κ2) is 13.4. The highest BCUT2D eigenvalue weighted by Gasteiger charge is 2.08. The molecular weight excluding hydrogens is 376 g/mol. The van der Waals surface area contributed by atoms with Gasteiger partial charge in [-0.2, -0.15) is 0 Å². The summed E-state index contributed by atoms with van der Waals surface area (Å²) in [7, 11) is 0. The lowest BCUT2D eigenvalue weighted by molar-refractivity contribution is 0.593. The molecule has 0 radical (unpaired) electrons. The van der Waals surface area contributed by atoms with Crippen LogP contribution in [0.5, 0.6) is 0 Å². The monoisotopic (exact) mass is 404 g/mol. The van der Waals surface area contributed by atoms with Crippen LogP contribution in [0.1, 0.15) is 51.9 Å². The number of allylic oxidation sites excluding steroid dienone is 1. The molecule has 0 amide bonds. The molecule has 140 valence electrons. The highest BCUT2D eigenvalue weighted by molar-refractivity contribution is 8.22. The molecule has 0 heterocycles. The highest BCUT2D eigenvalue weighted by atomic mass is 35.5. The second-order valence-electron chi connectivity index (χ2n) is 6.39. The molecule has 0 nitrogen and oxygen atoms in total. The third-order valence-corrected chi connectivity index (χ3v) is 6.61. The van der Waals surface area contributed by atoms with Crippen LogP contribution in [0.15, 0.2) is 80.8 Å². The van der Waals surface area contributed by atoms with Gasteiger partial charge in [0.15, 0.2) is 0 Å². The fourth-order valence-corrected chi connectivity index (χ4v) is 5.34. The van der Waals surface area contributed by atoms with Crippen LogP contribution in [0.2, 0.25) is 0 Å². The minimum atomic E-state index is 0.101. The smallest absolute Gasteiger partial charge is 0.0534 e. The number of thioether (sulfide) groups is 2. The van der Waals surface area contributed by atoms with Crippen molar-refractivity contribution in [3.8, 4) is 0 Å². The van der Waals surface area contributed by atoms with E-state index >= 15 is 0 Å². The third kappa shape index (κ3) is 9.21. The molecule has 0 N–H and O–H groups in total. The summed E-state index contributed by atoms with van der Waals surface area (Å²) in [4.78, 5) is 2.51. The molecule has 0 saturated carbocycles. The molecule has 0 fully saturated rings. The summed E-state index contributed by atoms with van der Waals surface area (Å²) >= 11 is 10.2. The van der Waals surface area contributed by atoms with Crippen LogP contribution in [0.4, 0.5) is 0 Å². The third-order valence-electron chi connectivity index (χ3n) is 4.07. The summed E-state index contributed by atoms with van der Waals surface area (Å²) in [6, 6.07) is 21.1. The standard InChI is InChI=1S/C23H29ClS2/c1-2-3-4-5-6-9-14-20(24)19-23(25-21-15-10-7-11-16-21)26-22-17-12-8-13-18-22/h7-8,10-13,15-20H,2-6,9,14H2,1H3. The van der Waals surface area contributed by atoms with Crippen molar-refractivity contribution in [2.75, 3.05) is 0 Å². The number of hydrogen-bond acceptors (Lipinski definition) is 2. The van der Waals surface area contributed by atoms with Crippen LogP contribution in [-0.2, 0) is 0 Å². The molecule has 2 rings (SSSR count). The summed E-state index contributed by atoms with van der Waals surface area (Å²) in [5.41, 5.74) is 0. The van der Waals surface area contributed by atoms with Crippen molar-refractivity contribution in [1.29, 1.82) is 0 Å². The molecule has 2 aromatic carbocycles. The minimum absolute atomic E-state index is 0.101. The lowest BCUT2D eigenvalue weighted by atomic mass is 10.1. The largest absolute Gasteiger partial charge is 0.118 e. The predicted octanol–water partition coefficient (Wildman–Crippen LogP) is 8.77. The van der Waals surface area contributed by atoms with E-state index in [0.29, 0.717) is 0 Å². The molecule has 3 heteroatoms. The van der Waals surface area contributed by atoms with Gasteiger partial charge in [0.25, 0.3) is 0 Å². The van der Waals surface area contributed by atoms with Crippen molar-refractivity contribution >= 4 is 35.1 Å². The molecule has 0 spiro atoms. The van der Waals surface area contributed by atoms with Crippen LogP contribution < -0.4 is 0 Å². The quantitative estimate of drug-likeness (QED) is 0.197. The van der Waals surface area contributed by atoms with Gasteiger partial charge in [0.1, 0.15) is 0 Å². The normalized spacial score (nSPS) is 11.9. The molecule has 26 heavy (non-hydrogen) atoms. The number of hydrogen-bond donors (Lipinski definition) is 0. The first-order chi connectivity index (χ1) is 12.8. The van der Waals surface area contributed by atoms with Gasteiger partial charge in [0, 0.05) is 14.0 Å². The molecule has 0 aliphatic carbocycles. The Morgan fingerprint density at radius 3 is 1.85 bits per heavy atom. The van der Waals surface area contributed by atoms with Crippen LogP contribution in [0, 0.1) is 0 Å². The Morgan fingerprint density at radius 2 is 1.31 bits per heavy atom. The Kier molecular flexibility index (Phi) is 11.0. The Labute approximate surface area is 172 Å². The number of rotatable bonds is 12. The number of unbranched alkanes of at least 4 members (excludes halogenated alkanes) is 5. The maximum Gasteiger partial charge on any atom is 0.0534 e. The van der Waals surface area contributed by atoms with E-state index in [0.717, 1.165) is 6.42 Å². The van der Waals surface area contributed by atoms with E-state index in [2.05, 4.69) is 73.7 Å².